The van der Waals surface area contributed by atoms with Gasteiger partial charge in [0.25, 0.3) is 0 Å². The molecule has 7 nitrogen and oxygen atoms in total. The zero-order valence-electron chi connectivity index (χ0n) is 14.2. The van der Waals surface area contributed by atoms with Gasteiger partial charge in [-0.25, -0.2) is 4.79 Å². The van der Waals surface area contributed by atoms with Gasteiger partial charge in [-0.15, -0.1) is 0 Å². The number of anilines is 1. The molecule has 0 spiro atoms. The van der Waals surface area contributed by atoms with Crippen molar-refractivity contribution >= 4 is 40.6 Å². The van der Waals surface area contributed by atoms with Crippen molar-refractivity contribution in [3.05, 3.63) is 65.0 Å². The van der Waals surface area contributed by atoms with Gasteiger partial charge < -0.3 is 19.9 Å². The average molecular weight is 403 g/mol. The summed E-state index contributed by atoms with van der Waals surface area (Å²) in [5.41, 5.74) is 1.70. The molecule has 0 bridgehead atoms. The first kappa shape index (κ1) is 18.8. The monoisotopic (exact) mass is 402 g/mol. The number of halogens is 1. The Labute approximate surface area is 165 Å². The molecule has 27 heavy (non-hydrogen) atoms. The fourth-order valence-corrected chi connectivity index (χ4v) is 2.62. The van der Waals surface area contributed by atoms with E-state index in [1.807, 2.05) is 30.3 Å². The second kappa shape index (κ2) is 8.61. The Kier molecular flexibility index (Phi) is 6.00. The van der Waals surface area contributed by atoms with Gasteiger partial charge in [-0.05, 0) is 30.4 Å². The molecule has 0 atom stereocenters. The number of carbonyl (C=O) groups excluding carboxylic acids is 1. The molecule has 2 N–H and O–H groups in total. The zero-order chi connectivity index (χ0) is 19.2. The number of rotatable bonds is 5. The van der Waals surface area contributed by atoms with Crippen LogP contribution >= 0.6 is 23.8 Å². The van der Waals surface area contributed by atoms with Crippen molar-refractivity contribution in [1.29, 1.82) is 0 Å². The van der Waals surface area contributed by atoms with Crippen LogP contribution in [0.25, 0.3) is 11.4 Å². The first-order chi connectivity index (χ1) is 13.1. The summed E-state index contributed by atoms with van der Waals surface area (Å²) >= 11 is 11.2. The molecule has 138 valence electrons. The summed E-state index contributed by atoms with van der Waals surface area (Å²) in [6.07, 6.45) is 0. The number of ether oxygens (including phenoxy) is 1. The Bertz CT molecular complexity index is 962. The first-order valence-electron chi connectivity index (χ1n) is 7.87. The molecule has 0 saturated heterocycles. The van der Waals surface area contributed by atoms with E-state index >= 15 is 0 Å². The van der Waals surface area contributed by atoms with E-state index in [4.69, 9.17) is 33.1 Å². The molecule has 0 aliphatic rings. The van der Waals surface area contributed by atoms with E-state index < -0.39 is 5.97 Å². The van der Waals surface area contributed by atoms with Gasteiger partial charge >= 0.3 is 5.97 Å². The highest BCUT2D eigenvalue weighted by Gasteiger charge is 2.12. The Morgan fingerprint density at radius 1 is 1.26 bits per heavy atom. The first-order valence-corrected chi connectivity index (χ1v) is 8.66. The molecule has 2 aromatic carbocycles. The highest BCUT2D eigenvalue weighted by Crippen LogP contribution is 2.21. The predicted molar refractivity (Wildman–Crippen MR) is 106 cm³/mol. The van der Waals surface area contributed by atoms with E-state index in [9.17, 15) is 4.79 Å². The van der Waals surface area contributed by atoms with Crippen LogP contribution in [0.5, 0.6) is 0 Å². The normalized spacial score (nSPS) is 10.3. The molecule has 9 heteroatoms. The number of hydrogen-bond donors (Lipinski definition) is 2. The summed E-state index contributed by atoms with van der Waals surface area (Å²) in [6.45, 7) is 0.253. The molecular weight excluding hydrogens is 388 g/mol. The number of hydrogen-bond acceptors (Lipinski definition) is 6. The second-order valence-corrected chi connectivity index (χ2v) is 6.19. The number of nitrogens with zero attached hydrogens (tertiary/aromatic N) is 2. The molecule has 0 aliphatic heterocycles. The van der Waals surface area contributed by atoms with Crippen LogP contribution in [0.4, 0.5) is 5.69 Å². The lowest BCUT2D eigenvalue weighted by molar-refractivity contribution is 0.0601. The van der Waals surface area contributed by atoms with E-state index in [0.717, 1.165) is 5.56 Å². The minimum absolute atomic E-state index is 0.247. The number of thiocarbonyl (C=S) groups is 1. The summed E-state index contributed by atoms with van der Waals surface area (Å²) in [6, 6.07) is 14.4. The topological polar surface area (TPSA) is 89.3 Å². The second-order valence-electron chi connectivity index (χ2n) is 5.37. The lowest BCUT2D eigenvalue weighted by Gasteiger charge is -2.10. The molecule has 3 aromatic rings. The third kappa shape index (κ3) is 4.81. The van der Waals surface area contributed by atoms with E-state index in [1.54, 1.807) is 18.2 Å². The number of carbonyl (C=O) groups is 1. The summed E-state index contributed by atoms with van der Waals surface area (Å²) in [5.74, 6) is 0.373. The largest absolute Gasteiger partial charge is 0.465 e. The Balaban J connectivity index is 1.59. The number of methoxy groups -OCH3 is 1. The summed E-state index contributed by atoms with van der Waals surface area (Å²) in [4.78, 5) is 16.0. The lowest BCUT2D eigenvalue weighted by atomic mass is 10.2. The molecule has 1 aromatic heterocycles. The van der Waals surface area contributed by atoms with Crippen molar-refractivity contribution in [3.8, 4) is 11.4 Å². The molecule has 0 saturated carbocycles. The van der Waals surface area contributed by atoms with E-state index in [0.29, 0.717) is 27.5 Å². The van der Waals surface area contributed by atoms with Gasteiger partial charge in [-0.3, -0.25) is 0 Å². The summed E-state index contributed by atoms with van der Waals surface area (Å²) < 4.78 is 9.90. The van der Waals surface area contributed by atoms with Crippen molar-refractivity contribution in [3.63, 3.8) is 0 Å². The lowest BCUT2D eigenvalue weighted by Crippen LogP contribution is -2.28. The maximum atomic E-state index is 11.7. The Morgan fingerprint density at radius 2 is 2.04 bits per heavy atom. The maximum absolute atomic E-state index is 11.7. The molecule has 0 fully saturated rings. The fraction of sp³-hybridized carbons (Fsp3) is 0.111. The van der Waals surface area contributed by atoms with Crippen LogP contribution in [0.2, 0.25) is 5.02 Å². The smallest absolute Gasteiger partial charge is 0.339 e. The van der Waals surface area contributed by atoms with Crippen LogP contribution in [-0.2, 0) is 11.3 Å². The standard InChI is InChI=1S/C18H15ClN4O3S/c1-25-17(24)13-9-12(7-8-14(13)19)21-18(27)20-10-15-22-16(23-26-15)11-5-3-2-4-6-11/h2-9H,10H2,1H3,(H2,20,21,27). The van der Waals surface area contributed by atoms with Gasteiger partial charge in [0.15, 0.2) is 5.11 Å². The van der Waals surface area contributed by atoms with Gasteiger partial charge in [-0.1, -0.05) is 47.1 Å². The van der Waals surface area contributed by atoms with Crippen LogP contribution in [0.1, 0.15) is 16.2 Å². The third-order valence-electron chi connectivity index (χ3n) is 3.53. The molecule has 1 heterocycles. The minimum atomic E-state index is -0.526. The Morgan fingerprint density at radius 3 is 2.78 bits per heavy atom. The summed E-state index contributed by atoms with van der Waals surface area (Å²) in [5, 5.41) is 10.5. The van der Waals surface area contributed by atoms with Gasteiger partial charge in [0.1, 0.15) is 0 Å². The SMILES string of the molecule is COC(=O)c1cc(NC(=S)NCc2nc(-c3ccccc3)no2)ccc1Cl. The van der Waals surface area contributed by atoms with Gasteiger partial charge in [-0.2, -0.15) is 4.98 Å². The van der Waals surface area contributed by atoms with Crippen molar-refractivity contribution in [1.82, 2.24) is 15.5 Å². The van der Waals surface area contributed by atoms with Crippen LogP contribution < -0.4 is 10.6 Å². The zero-order valence-corrected chi connectivity index (χ0v) is 15.8. The molecular formula is C18H15ClN4O3S. The average Bonchev–Trinajstić information content (AvgIpc) is 3.17. The molecule has 0 amide bonds. The van der Waals surface area contributed by atoms with Crippen LogP contribution in [0.15, 0.2) is 53.1 Å². The van der Waals surface area contributed by atoms with Crippen LogP contribution in [0, 0.1) is 0 Å². The molecule has 0 radical (unpaired) electrons. The Hall–Kier alpha value is -2.97. The number of benzene rings is 2. The van der Waals surface area contributed by atoms with Crippen molar-refractivity contribution in [2.24, 2.45) is 0 Å². The van der Waals surface area contributed by atoms with Crippen molar-refractivity contribution < 1.29 is 14.1 Å². The van der Waals surface area contributed by atoms with Gasteiger partial charge in [0.2, 0.25) is 11.7 Å². The third-order valence-corrected chi connectivity index (χ3v) is 4.11. The van der Waals surface area contributed by atoms with Crippen molar-refractivity contribution in [2.75, 3.05) is 12.4 Å². The highest BCUT2D eigenvalue weighted by atomic mass is 35.5. The van der Waals surface area contributed by atoms with Crippen LogP contribution in [-0.4, -0.2) is 28.3 Å². The summed E-state index contributed by atoms with van der Waals surface area (Å²) in [7, 11) is 1.29. The van der Waals surface area contributed by atoms with E-state index in [1.165, 1.54) is 7.11 Å². The van der Waals surface area contributed by atoms with E-state index in [-0.39, 0.29) is 12.1 Å². The minimum Gasteiger partial charge on any atom is -0.465 e. The number of nitrogens with one attached hydrogen (secondary N) is 2. The van der Waals surface area contributed by atoms with Crippen molar-refractivity contribution in [2.45, 2.75) is 6.54 Å². The van der Waals surface area contributed by atoms with E-state index in [2.05, 4.69) is 20.8 Å². The highest BCUT2D eigenvalue weighted by molar-refractivity contribution is 7.80. The predicted octanol–water partition coefficient (Wildman–Crippen LogP) is 3.66. The number of aromatic nitrogens is 2. The fourth-order valence-electron chi connectivity index (χ4n) is 2.23. The van der Waals surface area contributed by atoms with Gasteiger partial charge in [0, 0.05) is 11.3 Å². The van der Waals surface area contributed by atoms with Gasteiger partial charge in [0.05, 0.1) is 24.2 Å². The molecule has 0 unspecified atom stereocenters. The van der Waals surface area contributed by atoms with Crippen LogP contribution in [0.3, 0.4) is 0 Å². The maximum Gasteiger partial charge on any atom is 0.339 e. The quantitative estimate of drug-likeness (QED) is 0.493. The molecule has 0 aliphatic carbocycles. The number of esters is 1. The molecule has 3 rings (SSSR count).